The molecule has 0 aromatic carbocycles. The van der Waals surface area contributed by atoms with Gasteiger partial charge in [0.1, 0.15) is 5.76 Å². The van der Waals surface area contributed by atoms with Crippen LogP contribution in [-0.2, 0) is 13.5 Å². The Bertz CT molecular complexity index is 543. The van der Waals surface area contributed by atoms with Crippen LogP contribution in [0, 0.1) is 6.92 Å². The molecule has 0 fully saturated rings. The third-order valence-corrected chi connectivity index (χ3v) is 3.26. The van der Waals surface area contributed by atoms with E-state index in [0.29, 0.717) is 5.56 Å². The molecule has 0 bridgehead atoms. The van der Waals surface area contributed by atoms with Crippen molar-refractivity contribution in [1.82, 2.24) is 15.1 Å². The molecule has 1 amide bonds. The van der Waals surface area contributed by atoms with Crippen LogP contribution >= 0.6 is 0 Å². The van der Waals surface area contributed by atoms with Crippen LogP contribution in [0.5, 0.6) is 0 Å². The summed E-state index contributed by atoms with van der Waals surface area (Å²) >= 11 is 0. The first kappa shape index (κ1) is 13.4. The summed E-state index contributed by atoms with van der Waals surface area (Å²) in [6, 6.07) is 3.91. The first-order valence-corrected chi connectivity index (χ1v) is 6.39. The van der Waals surface area contributed by atoms with E-state index >= 15 is 0 Å². The second kappa shape index (κ2) is 5.73. The molecule has 1 N–H and O–H groups in total. The molecule has 0 radical (unpaired) electrons. The van der Waals surface area contributed by atoms with Gasteiger partial charge in [-0.2, -0.15) is 5.10 Å². The summed E-state index contributed by atoms with van der Waals surface area (Å²) in [5.74, 6) is 0.871. The van der Waals surface area contributed by atoms with E-state index in [2.05, 4.69) is 10.4 Å². The van der Waals surface area contributed by atoms with E-state index in [-0.39, 0.29) is 11.9 Å². The number of carbonyl (C=O) groups is 1. The van der Waals surface area contributed by atoms with Gasteiger partial charge in [-0.05, 0) is 32.4 Å². The summed E-state index contributed by atoms with van der Waals surface area (Å²) in [5.41, 5.74) is 1.50. The second-order valence-corrected chi connectivity index (χ2v) is 4.76. The van der Waals surface area contributed by atoms with Crippen LogP contribution in [0.1, 0.15) is 35.2 Å². The largest absolute Gasteiger partial charge is 0.469 e. The third-order valence-electron chi connectivity index (χ3n) is 3.26. The van der Waals surface area contributed by atoms with Crippen LogP contribution in [0.2, 0.25) is 0 Å². The van der Waals surface area contributed by atoms with Crippen molar-refractivity contribution in [2.75, 3.05) is 0 Å². The second-order valence-electron chi connectivity index (χ2n) is 4.76. The predicted octanol–water partition coefficient (Wildman–Crippen LogP) is 2.07. The molecule has 1 atom stereocenters. The monoisotopic (exact) mass is 261 g/mol. The third kappa shape index (κ3) is 3.24. The molecule has 102 valence electrons. The fourth-order valence-corrected chi connectivity index (χ4v) is 1.91. The molecule has 0 aliphatic heterocycles. The number of furan rings is 1. The topological polar surface area (TPSA) is 60.1 Å². The van der Waals surface area contributed by atoms with Gasteiger partial charge in [0.2, 0.25) is 0 Å². The molecule has 2 aromatic heterocycles. The van der Waals surface area contributed by atoms with Crippen LogP contribution in [0.4, 0.5) is 0 Å². The lowest BCUT2D eigenvalue weighted by atomic mass is 10.1. The van der Waals surface area contributed by atoms with Gasteiger partial charge in [0.15, 0.2) is 0 Å². The molecular weight excluding hydrogens is 242 g/mol. The number of hydrogen-bond acceptors (Lipinski definition) is 3. The van der Waals surface area contributed by atoms with E-state index in [0.717, 1.165) is 24.3 Å². The fourth-order valence-electron chi connectivity index (χ4n) is 1.91. The summed E-state index contributed by atoms with van der Waals surface area (Å²) in [7, 11) is 1.83. The number of amides is 1. The minimum absolute atomic E-state index is 0.0717. The SMILES string of the molecule is Cc1c(C(=O)N[C@@H](C)CCc2ccco2)cnn1C. The molecule has 2 aromatic rings. The number of nitrogens with one attached hydrogen (secondary N) is 1. The van der Waals surface area contributed by atoms with Crippen molar-refractivity contribution < 1.29 is 9.21 Å². The zero-order valence-electron chi connectivity index (χ0n) is 11.5. The Morgan fingerprint density at radius 2 is 2.37 bits per heavy atom. The van der Waals surface area contributed by atoms with Crippen molar-refractivity contribution in [3.63, 3.8) is 0 Å². The Morgan fingerprint density at radius 1 is 1.58 bits per heavy atom. The highest BCUT2D eigenvalue weighted by Gasteiger charge is 2.15. The summed E-state index contributed by atoms with van der Waals surface area (Å²) < 4.78 is 6.97. The van der Waals surface area contributed by atoms with Gasteiger partial charge in [0, 0.05) is 25.2 Å². The van der Waals surface area contributed by atoms with Crippen LogP contribution in [0.15, 0.2) is 29.0 Å². The minimum Gasteiger partial charge on any atom is -0.469 e. The molecule has 5 nitrogen and oxygen atoms in total. The van der Waals surface area contributed by atoms with Gasteiger partial charge in [-0.25, -0.2) is 0 Å². The van der Waals surface area contributed by atoms with Crippen molar-refractivity contribution in [2.24, 2.45) is 7.05 Å². The molecular formula is C14H19N3O2. The summed E-state index contributed by atoms with van der Waals surface area (Å²) in [6.07, 6.45) is 4.93. The first-order valence-electron chi connectivity index (χ1n) is 6.39. The number of carbonyl (C=O) groups excluding carboxylic acids is 1. The molecule has 0 saturated carbocycles. The quantitative estimate of drug-likeness (QED) is 0.896. The predicted molar refractivity (Wildman–Crippen MR) is 71.9 cm³/mol. The van der Waals surface area contributed by atoms with Gasteiger partial charge in [0.05, 0.1) is 18.0 Å². The van der Waals surface area contributed by atoms with Crippen LogP contribution in [-0.4, -0.2) is 21.7 Å². The molecule has 0 saturated heterocycles. The van der Waals surface area contributed by atoms with Crippen LogP contribution in [0.3, 0.4) is 0 Å². The van der Waals surface area contributed by atoms with E-state index in [1.165, 1.54) is 0 Å². The van der Waals surface area contributed by atoms with Crippen LogP contribution in [0.25, 0.3) is 0 Å². The van der Waals surface area contributed by atoms with Gasteiger partial charge in [0.25, 0.3) is 5.91 Å². The summed E-state index contributed by atoms with van der Waals surface area (Å²) in [4.78, 5) is 12.1. The molecule has 2 rings (SSSR count). The van der Waals surface area contributed by atoms with Gasteiger partial charge >= 0.3 is 0 Å². The zero-order valence-corrected chi connectivity index (χ0v) is 11.5. The van der Waals surface area contributed by atoms with Crippen molar-refractivity contribution in [3.8, 4) is 0 Å². The maximum atomic E-state index is 12.1. The maximum Gasteiger partial charge on any atom is 0.254 e. The van der Waals surface area contributed by atoms with Crippen molar-refractivity contribution in [1.29, 1.82) is 0 Å². The van der Waals surface area contributed by atoms with Crippen molar-refractivity contribution in [2.45, 2.75) is 32.7 Å². The number of hydrogen-bond donors (Lipinski definition) is 1. The Balaban J connectivity index is 1.86. The zero-order chi connectivity index (χ0) is 13.8. The summed E-state index contributed by atoms with van der Waals surface area (Å²) in [6.45, 7) is 3.88. The summed E-state index contributed by atoms with van der Waals surface area (Å²) in [5, 5.41) is 7.05. The highest BCUT2D eigenvalue weighted by molar-refractivity contribution is 5.95. The van der Waals surface area contributed by atoms with Crippen molar-refractivity contribution >= 4 is 5.91 Å². The lowest BCUT2D eigenvalue weighted by Crippen LogP contribution is -2.33. The standard InChI is InChI=1S/C14H19N3O2/c1-10(6-7-12-5-4-8-19-12)16-14(18)13-9-15-17(3)11(13)2/h4-5,8-10H,6-7H2,1-3H3,(H,16,18)/t10-/m0/s1. The number of nitrogens with zero attached hydrogens (tertiary/aromatic N) is 2. The highest BCUT2D eigenvalue weighted by atomic mass is 16.3. The molecule has 19 heavy (non-hydrogen) atoms. The van der Waals surface area contributed by atoms with E-state index in [4.69, 9.17) is 4.42 Å². The van der Waals surface area contributed by atoms with Gasteiger partial charge < -0.3 is 9.73 Å². The maximum absolute atomic E-state index is 12.1. The smallest absolute Gasteiger partial charge is 0.254 e. The molecule has 0 spiro atoms. The average Bonchev–Trinajstić information content (AvgIpc) is 2.98. The Morgan fingerprint density at radius 3 is 2.95 bits per heavy atom. The molecule has 5 heteroatoms. The van der Waals surface area contributed by atoms with Gasteiger partial charge in [-0.3, -0.25) is 9.48 Å². The molecule has 2 heterocycles. The van der Waals surface area contributed by atoms with E-state index in [9.17, 15) is 4.79 Å². The average molecular weight is 261 g/mol. The molecule has 0 aliphatic rings. The number of aromatic nitrogens is 2. The molecule has 0 aliphatic carbocycles. The van der Waals surface area contributed by atoms with E-state index in [1.54, 1.807) is 17.1 Å². The lowest BCUT2D eigenvalue weighted by molar-refractivity contribution is 0.0937. The lowest BCUT2D eigenvalue weighted by Gasteiger charge is -2.12. The Labute approximate surface area is 112 Å². The van der Waals surface area contributed by atoms with E-state index in [1.807, 2.05) is 33.0 Å². The van der Waals surface area contributed by atoms with Crippen molar-refractivity contribution in [3.05, 3.63) is 41.6 Å². The first-order chi connectivity index (χ1) is 9.08. The Kier molecular flexibility index (Phi) is 4.04. The van der Waals surface area contributed by atoms with Crippen LogP contribution < -0.4 is 5.32 Å². The van der Waals surface area contributed by atoms with Gasteiger partial charge in [-0.1, -0.05) is 0 Å². The number of rotatable bonds is 5. The highest BCUT2D eigenvalue weighted by Crippen LogP contribution is 2.08. The minimum atomic E-state index is -0.0717. The molecule has 0 unspecified atom stereocenters. The normalized spacial score (nSPS) is 12.4. The van der Waals surface area contributed by atoms with Gasteiger partial charge in [-0.15, -0.1) is 0 Å². The fraction of sp³-hybridized carbons (Fsp3) is 0.429. The Hall–Kier alpha value is -2.04. The van der Waals surface area contributed by atoms with E-state index < -0.39 is 0 Å². The number of aryl methyl sites for hydroxylation is 2.